The van der Waals surface area contributed by atoms with Gasteiger partial charge in [0, 0.05) is 45.3 Å². The van der Waals surface area contributed by atoms with Crippen LogP contribution in [0, 0.1) is 17.8 Å². The number of halogens is 1. The van der Waals surface area contributed by atoms with Gasteiger partial charge in [-0.1, -0.05) is 12.8 Å². The Kier molecular flexibility index (Phi) is 6.10. The summed E-state index contributed by atoms with van der Waals surface area (Å²) in [6, 6.07) is 0.390. The van der Waals surface area contributed by atoms with E-state index in [4.69, 9.17) is 0 Å². The van der Waals surface area contributed by atoms with Crippen molar-refractivity contribution < 1.29 is 9.59 Å². The van der Waals surface area contributed by atoms with E-state index in [2.05, 4.69) is 15.5 Å². The van der Waals surface area contributed by atoms with Gasteiger partial charge in [0.05, 0.1) is 5.92 Å². The van der Waals surface area contributed by atoms with E-state index >= 15 is 0 Å². The molecule has 0 bridgehead atoms. The summed E-state index contributed by atoms with van der Waals surface area (Å²) in [5, 5.41) is 6.58. The number of hydrogen-bond acceptors (Lipinski definition) is 3. The lowest BCUT2D eigenvalue weighted by molar-refractivity contribution is -0.136. The van der Waals surface area contributed by atoms with Crippen LogP contribution >= 0.6 is 12.4 Å². The minimum absolute atomic E-state index is 0. The normalized spacial score (nSPS) is 32.4. The van der Waals surface area contributed by atoms with Crippen LogP contribution in [0.5, 0.6) is 0 Å². The zero-order valence-electron chi connectivity index (χ0n) is 14.9. The number of nitrogens with one attached hydrogen (secondary N) is 2. The smallest absolute Gasteiger partial charge is 0.317 e. The summed E-state index contributed by atoms with van der Waals surface area (Å²) in [5.74, 6) is 1.56. The molecule has 4 aliphatic rings. The van der Waals surface area contributed by atoms with E-state index in [1.54, 1.807) is 0 Å². The maximum Gasteiger partial charge on any atom is 0.317 e. The molecule has 142 valence electrons. The molecular formula is C18H31ClN4O2. The molecule has 25 heavy (non-hydrogen) atoms. The Bertz CT molecular complexity index is 485. The average molecular weight is 371 g/mol. The van der Waals surface area contributed by atoms with Gasteiger partial charge in [0.2, 0.25) is 5.91 Å². The second-order valence-corrected chi connectivity index (χ2v) is 8.14. The number of hydrogen-bond donors (Lipinski definition) is 2. The molecule has 7 heteroatoms. The monoisotopic (exact) mass is 370 g/mol. The van der Waals surface area contributed by atoms with Gasteiger partial charge >= 0.3 is 6.03 Å². The maximum absolute atomic E-state index is 12.9. The Morgan fingerprint density at radius 2 is 1.56 bits per heavy atom. The Morgan fingerprint density at radius 3 is 2.24 bits per heavy atom. The minimum atomic E-state index is -0.000126. The number of nitrogens with zero attached hydrogens (tertiary/aromatic N) is 2. The Hall–Kier alpha value is -1.01. The van der Waals surface area contributed by atoms with Crippen LogP contribution in [0.2, 0.25) is 0 Å². The highest BCUT2D eigenvalue weighted by atomic mass is 35.5. The van der Waals surface area contributed by atoms with Gasteiger partial charge in [-0.25, -0.2) is 4.79 Å². The summed E-state index contributed by atoms with van der Waals surface area (Å²) in [6.07, 6.45) is 6.52. The van der Waals surface area contributed by atoms with Crippen LogP contribution in [-0.4, -0.2) is 67.0 Å². The SMILES string of the molecule is Cl.O=C(NC1CCCC1)N1CCCC(C(=O)N2C[C@H]3CNC[C@H]3C2)C1. The fourth-order valence-corrected chi connectivity index (χ4v) is 4.99. The first-order chi connectivity index (χ1) is 11.7. The fraction of sp³-hybridized carbons (Fsp3) is 0.889. The van der Waals surface area contributed by atoms with Crippen molar-refractivity contribution in [2.45, 2.75) is 44.6 Å². The van der Waals surface area contributed by atoms with Crippen molar-refractivity contribution >= 4 is 24.3 Å². The average Bonchev–Trinajstić information content (AvgIpc) is 3.31. The van der Waals surface area contributed by atoms with Crippen LogP contribution in [0.1, 0.15) is 38.5 Å². The van der Waals surface area contributed by atoms with Crippen molar-refractivity contribution in [2.24, 2.45) is 17.8 Å². The summed E-state index contributed by atoms with van der Waals surface area (Å²) in [7, 11) is 0. The third-order valence-electron chi connectivity index (χ3n) is 6.44. The Morgan fingerprint density at radius 1 is 0.880 bits per heavy atom. The van der Waals surface area contributed by atoms with E-state index in [1.165, 1.54) is 12.8 Å². The Balaban J connectivity index is 0.00000182. The summed E-state index contributed by atoms with van der Waals surface area (Å²) in [5.41, 5.74) is 0. The summed E-state index contributed by atoms with van der Waals surface area (Å²) in [4.78, 5) is 29.3. The molecule has 2 N–H and O–H groups in total. The second kappa shape index (κ2) is 8.12. The van der Waals surface area contributed by atoms with Gasteiger partial charge in [0.15, 0.2) is 0 Å². The number of urea groups is 1. The van der Waals surface area contributed by atoms with Gasteiger partial charge in [-0.2, -0.15) is 0 Å². The number of fused-ring (bicyclic) bond motifs is 1. The summed E-state index contributed by atoms with van der Waals surface area (Å²) < 4.78 is 0. The molecule has 4 fully saturated rings. The molecule has 3 heterocycles. The molecular weight excluding hydrogens is 340 g/mol. The number of carbonyl (C=O) groups excluding carboxylic acids is 2. The predicted molar refractivity (Wildman–Crippen MR) is 98.8 cm³/mol. The molecule has 3 atom stereocenters. The lowest BCUT2D eigenvalue weighted by Gasteiger charge is -2.34. The van der Waals surface area contributed by atoms with E-state index in [0.29, 0.717) is 24.4 Å². The van der Waals surface area contributed by atoms with E-state index in [9.17, 15) is 9.59 Å². The highest BCUT2D eigenvalue weighted by molar-refractivity contribution is 5.85. The van der Waals surface area contributed by atoms with Crippen LogP contribution in [0.25, 0.3) is 0 Å². The quantitative estimate of drug-likeness (QED) is 0.773. The number of likely N-dealkylation sites (tertiary alicyclic amines) is 2. The largest absolute Gasteiger partial charge is 0.342 e. The summed E-state index contributed by atoms with van der Waals surface area (Å²) >= 11 is 0. The van der Waals surface area contributed by atoms with Crippen molar-refractivity contribution in [1.82, 2.24) is 20.4 Å². The zero-order chi connectivity index (χ0) is 16.5. The van der Waals surface area contributed by atoms with E-state index < -0.39 is 0 Å². The third-order valence-corrected chi connectivity index (χ3v) is 6.44. The van der Waals surface area contributed by atoms with Crippen LogP contribution in [0.4, 0.5) is 4.79 Å². The number of rotatable bonds is 2. The zero-order valence-corrected chi connectivity index (χ0v) is 15.7. The van der Waals surface area contributed by atoms with E-state index in [1.807, 2.05) is 4.90 Å². The summed E-state index contributed by atoms with van der Waals surface area (Å²) in [6.45, 7) is 5.30. The van der Waals surface area contributed by atoms with Gasteiger partial charge in [0.1, 0.15) is 0 Å². The second-order valence-electron chi connectivity index (χ2n) is 8.14. The van der Waals surface area contributed by atoms with Crippen molar-refractivity contribution in [2.75, 3.05) is 39.3 Å². The first-order valence-electron chi connectivity index (χ1n) is 9.75. The molecule has 3 amide bonds. The van der Waals surface area contributed by atoms with Gasteiger partial charge < -0.3 is 20.4 Å². The van der Waals surface area contributed by atoms with Gasteiger partial charge in [-0.3, -0.25) is 4.79 Å². The van der Waals surface area contributed by atoms with Gasteiger partial charge in [-0.05, 0) is 37.5 Å². The highest BCUT2D eigenvalue weighted by Crippen LogP contribution is 2.29. The van der Waals surface area contributed by atoms with Gasteiger partial charge in [0.25, 0.3) is 0 Å². The number of amides is 3. The highest BCUT2D eigenvalue weighted by Gasteiger charge is 2.40. The van der Waals surface area contributed by atoms with Crippen molar-refractivity contribution in [3.05, 3.63) is 0 Å². The van der Waals surface area contributed by atoms with Crippen LogP contribution in [-0.2, 0) is 4.79 Å². The molecule has 1 unspecified atom stereocenters. The minimum Gasteiger partial charge on any atom is -0.342 e. The lowest BCUT2D eigenvalue weighted by Crippen LogP contribution is -2.51. The molecule has 0 aromatic heterocycles. The molecule has 0 spiro atoms. The number of carbonyl (C=O) groups is 2. The number of piperidine rings is 1. The Labute approximate surface area is 156 Å². The fourth-order valence-electron chi connectivity index (χ4n) is 4.99. The predicted octanol–water partition coefficient (Wildman–Crippen LogP) is 1.45. The van der Waals surface area contributed by atoms with Gasteiger partial charge in [-0.15, -0.1) is 12.4 Å². The molecule has 4 rings (SSSR count). The van der Waals surface area contributed by atoms with E-state index in [-0.39, 0.29) is 30.3 Å². The molecule has 0 aromatic carbocycles. The first kappa shape index (κ1) is 18.8. The first-order valence-corrected chi connectivity index (χ1v) is 9.75. The molecule has 6 nitrogen and oxygen atoms in total. The molecule has 1 saturated carbocycles. The standard InChI is InChI=1S/C18H30N4O2.ClH/c23-17(22-11-14-8-19-9-15(14)12-22)13-4-3-7-21(10-13)18(24)20-16-5-1-2-6-16;/h13-16,19H,1-12H2,(H,20,24);1H/t13?,14-,15+;. The van der Waals surface area contributed by atoms with Crippen LogP contribution in [0.15, 0.2) is 0 Å². The topological polar surface area (TPSA) is 64.7 Å². The molecule has 1 aliphatic carbocycles. The van der Waals surface area contributed by atoms with E-state index in [0.717, 1.165) is 58.4 Å². The molecule has 3 aliphatic heterocycles. The van der Waals surface area contributed by atoms with Crippen LogP contribution < -0.4 is 10.6 Å². The molecule has 3 saturated heterocycles. The van der Waals surface area contributed by atoms with Crippen molar-refractivity contribution in [1.29, 1.82) is 0 Å². The molecule has 0 radical (unpaired) electrons. The molecule has 0 aromatic rings. The van der Waals surface area contributed by atoms with Crippen LogP contribution in [0.3, 0.4) is 0 Å². The maximum atomic E-state index is 12.9. The third kappa shape index (κ3) is 4.05. The lowest BCUT2D eigenvalue weighted by atomic mass is 9.96. The van der Waals surface area contributed by atoms with Crippen molar-refractivity contribution in [3.63, 3.8) is 0 Å². The van der Waals surface area contributed by atoms with Crippen molar-refractivity contribution in [3.8, 4) is 0 Å².